The van der Waals surface area contributed by atoms with E-state index in [9.17, 15) is 121 Å². The second-order valence-corrected chi connectivity index (χ2v) is 33.8. The van der Waals surface area contributed by atoms with Crippen LogP contribution in [0.3, 0.4) is 0 Å². The molecular weight excluding hydrogens is 1930 g/mol. The highest BCUT2D eigenvalue weighted by molar-refractivity contribution is 6.02. The van der Waals surface area contributed by atoms with Crippen LogP contribution in [-0.4, -0.2) is 375 Å². The molecule has 20 amide bonds. The standard InChI is InChI=1S/C83H155N37O26/c1-42(106-70(136)48(17-5-9-27-84)110-60(127)36-102-59(126)35-104-69(135)54(25-26-58(89)125)115-73(139)49(18-6-10-28-85)111-62(129)38-105-68(134)47(21-13-31-98-80(90)91)109-61(128)37-103-67(133)46(88)39-121)66(132)114-52(22-14-32-99-81(92)93)72(138)108-43(2)64(130)112-50(19-7-11-29-86)71(137)107-44(3)65(131)113-51(20-8-12-30-87)75(141)120-63(45(4)124)78(144)116-53(23-15-33-100-82(94)95)74(140)118-57(41-123)77(143)119-56(40-122)76(142)117-55(79(145)146)24-16-34-101-83(96)97/h42-57,63,121-124H,5-41,84-88H2,1-4H3,(H2,89,125)(H,102,126)(H,103,133)(H,104,135)(H,105,134)(H,106,136)(H,107,137)(H,108,138)(H,109,128)(H,110,127)(H,111,129)(H,112,130)(H,113,131)(H,114,132)(H,115,139)(H,116,144)(H,117,142)(H,118,140)(H,119,143)(H,120,141)(H,145,146)(H4,90,91,98)(H4,92,93,99)(H4,94,95,100)(H4,96,97,101)/t42-,43-,44-,45+,46-,47-,48-,49-,50-,51-,52-,53-,54-,55-,56-,57-,63-/m0/s1. The van der Waals surface area contributed by atoms with Crippen molar-refractivity contribution in [1.29, 1.82) is 21.6 Å². The van der Waals surface area contributed by atoms with Gasteiger partial charge in [-0.2, -0.15) is 0 Å². The number of nitrogens with two attached hydrogens (primary N) is 10. The van der Waals surface area contributed by atoms with Gasteiger partial charge in [-0.05, 0) is 189 Å². The van der Waals surface area contributed by atoms with Crippen molar-refractivity contribution < 1.29 is 126 Å². The lowest BCUT2D eigenvalue weighted by molar-refractivity contribution is -0.143. The summed E-state index contributed by atoms with van der Waals surface area (Å²) in [6, 6.07) is -25.1. The molecule has 0 radical (unpaired) electrons. The molecule has 0 aliphatic carbocycles. The average molecular weight is 2090 g/mol. The van der Waals surface area contributed by atoms with E-state index in [1.807, 2.05) is 0 Å². The zero-order chi connectivity index (χ0) is 111. The zero-order valence-corrected chi connectivity index (χ0v) is 82.6. The van der Waals surface area contributed by atoms with Gasteiger partial charge in [-0.1, -0.05) is 0 Å². The first-order valence-electron chi connectivity index (χ1n) is 47.5. The first-order valence-corrected chi connectivity index (χ1v) is 47.5. The third kappa shape index (κ3) is 57.8. The summed E-state index contributed by atoms with van der Waals surface area (Å²) in [5, 5.41) is 135. The molecule has 0 spiro atoms. The number of primary amides is 1. The van der Waals surface area contributed by atoms with Crippen LogP contribution in [0.5, 0.6) is 0 Å². The molecule has 0 saturated carbocycles. The maximum atomic E-state index is 14.3. The Kier molecular flexibility index (Phi) is 67.1. The summed E-state index contributed by atoms with van der Waals surface area (Å²) in [7, 11) is 0. The number of rotatable bonds is 78. The van der Waals surface area contributed by atoms with Crippen molar-refractivity contribution in [2.75, 3.05) is 98.4 Å². The van der Waals surface area contributed by atoms with Crippen molar-refractivity contribution in [3.63, 3.8) is 0 Å². The molecular formula is C83H155N37O26. The molecule has 0 saturated heterocycles. The second kappa shape index (κ2) is 74.5. The van der Waals surface area contributed by atoms with Crippen molar-refractivity contribution in [2.24, 2.45) is 57.3 Å². The molecule has 0 aliphatic rings. The summed E-state index contributed by atoms with van der Waals surface area (Å²) in [5.41, 5.74) is 55.3. The van der Waals surface area contributed by atoms with Crippen LogP contribution in [-0.2, 0) is 101 Å². The van der Waals surface area contributed by atoms with E-state index in [0.717, 1.165) is 6.92 Å². The number of unbranched alkanes of at least 4 members (excludes halogenated alkanes) is 4. The predicted molar refractivity (Wildman–Crippen MR) is 523 cm³/mol. The van der Waals surface area contributed by atoms with Gasteiger partial charge in [0.25, 0.3) is 0 Å². The number of amides is 20. The lowest BCUT2D eigenvalue weighted by atomic mass is 10.0. The third-order valence-electron chi connectivity index (χ3n) is 21.3. The quantitative estimate of drug-likeness (QED) is 0.0153. The highest BCUT2D eigenvalue weighted by atomic mass is 16.4. The Morgan fingerprint density at radius 2 is 0.493 bits per heavy atom. The highest BCUT2D eigenvalue weighted by Crippen LogP contribution is 2.13. The highest BCUT2D eigenvalue weighted by Gasteiger charge is 2.39. The molecule has 0 aromatic heterocycles. The lowest BCUT2D eigenvalue weighted by Crippen LogP contribution is -2.62. The number of carboxylic acid groups (broad SMARTS) is 1. The fraction of sp³-hybridized carbons (Fsp3) is 0.699. The van der Waals surface area contributed by atoms with Crippen LogP contribution in [0.15, 0.2) is 0 Å². The van der Waals surface area contributed by atoms with Gasteiger partial charge >= 0.3 is 5.97 Å². The van der Waals surface area contributed by atoms with Crippen molar-refractivity contribution in [2.45, 2.75) is 272 Å². The number of carbonyl (C=O) groups is 21. The molecule has 0 rings (SSSR count). The van der Waals surface area contributed by atoms with E-state index >= 15 is 0 Å². The number of carbonyl (C=O) groups excluding carboxylic acids is 20. The summed E-state index contributed by atoms with van der Waals surface area (Å²) >= 11 is 0. The van der Waals surface area contributed by atoms with Crippen LogP contribution in [0.4, 0.5) is 0 Å². The van der Waals surface area contributed by atoms with Gasteiger partial charge in [0.1, 0.15) is 96.7 Å². The van der Waals surface area contributed by atoms with Gasteiger partial charge in [-0.3, -0.25) is 118 Å². The summed E-state index contributed by atoms with van der Waals surface area (Å²) in [6.07, 6.45) is -1.63. The van der Waals surface area contributed by atoms with Crippen molar-refractivity contribution in [3.05, 3.63) is 0 Å². The summed E-state index contributed by atoms with van der Waals surface area (Å²) in [6.45, 7) is -0.801. The van der Waals surface area contributed by atoms with Crippen LogP contribution in [0.2, 0.25) is 0 Å². The molecule has 52 N–H and O–H groups in total. The van der Waals surface area contributed by atoms with Crippen LogP contribution in [0.1, 0.15) is 169 Å². The van der Waals surface area contributed by atoms with Gasteiger partial charge < -0.3 is 205 Å². The smallest absolute Gasteiger partial charge is 0.326 e. The zero-order valence-electron chi connectivity index (χ0n) is 82.6. The number of aliphatic carboxylic acids is 1. The Morgan fingerprint density at radius 1 is 0.253 bits per heavy atom. The molecule has 0 aliphatic heterocycles. The normalized spacial score (nSPS) is 14.4. The minimum Gasteiger partial charge on any atom is -0.480 e. The molecule has 63 nitrogen and oxygen atoms in total. The van der Waals surface area contributed by atoms with Crippen LogP contribution >= 0.6 is 0 Å². The van der Waals surface area contributed by atoms with Gasteiger partial charge in [-0.25, -0.2) is 4.79 Å². The van der Waals surface area contributed by atoms with Gasteiger partial charge in [0, 0.05) is 32.6 Å². The number of guanidine groups is 4. The lowest BCUT2D eigenvalue weighted by Gasteiger charge is -2.28. The fourth-order valence-corrected chi connectivity index (χ4v) is 13.1. The van der Waals surface area contributed by atoms with E-state index in [1.54, 1.807) is 0 Å². The molecule has 0 unspecified atom stereocenters. The number of carboxylic acids is 1. The second-order valence-electron chi connectivity index (χ2n) is 33.8. The van der Waals surface area contributed by atoms with E-state index in [1.165, 1.54) is 20.8 Å². The Hall–Kier alpha value is -14.4. The first kappa shape index (κ1) is 132. The molecule has 0 heterocycles. The first-order chi connectivity index (χ1) is 68.9. The number of aliphatic hydroxyl groups excluding tert-OH is 4. The van der Waals surface area contributed by atoms with Crippen LogP contribution < -0.4 is 180 Å². The van der Waals surface area contributed by atoms with Crippen molar-refractivity contribution in [3.8, 4) is 0 Å². The minimum absolute atomic E-state index is 0.0169. The summed E-state index contributed by atoms with van der Waals surface area (Å²) in [4.78, 5) is 283. The average Bonchev–Trinajstić information content (AvgIpc) is 0.846. The van der Waals surface area contributed by atoms with Crippen LogP contribution in [0, 0.1) is 21.6 Å². The van der Waals surface area contributed by atoms with Crippen molar-refractivity contribution >= 4 is 148 Å². The van der Waals surface area contributed by atoms with Gasteiger partial charge in [0.15, 0.2) is 23.8 Å². The van der Waals surface area contributed by atoms with E-state index < -0.39 is 304 Å². The molecule has 0 fully saturated rings. The third-order valence-corrected chi connectivity index (χ3v) is 21.3. The maximum absolute atomic E-state index is 14.3. The van der Waals surface area contributed by atoms with Gasteiger partial charge in [0.2, 0.25) is 118 Å². The Morgan fingerprint density at radius 3 is 0.788 bits per heavy atom. The van der Waals surface area contributed by atoms with Crippen LogP contribution in [0.25, 0.3) is 0 Å². The maximum Gasteiger partial charge on any atom is 0.326 e. The fourth-order valence-electron chi connectivity index (χ4n) is 13.1. The number of hydrogen-bond donors (Lipinski definition) is 42. The van der Waals surface area contributed by atoms with E-state index in [0.29, 0.717) is 19.3 Å². The Labute approximate surface area is 842 Å². The van der Waals surface area contributed by atoms with Gasteiger partial charge in [0.05, 0.1) is 52.1 Å². The summed E-state index contributed by atoms with van der Waals surface area (Å²) in [5.74, 6) is -23.5. The number of hydrogen-bond acceptors (Lipinski definition) is 34. The summed E-state index contributed by atoms with van der Waals surface area (Å²) < 4.78 is 0. The van der Waals surface area contributed by atoms with E-state index in [-0.39, 0.29) is 167 Å². The van der Waals surface area contributed by atoms with Gasteiger partial charge in [-0.15, -0.1) is 0 Å². The number of nitrogens with one attached hydrogen (secondary N) is 27. The van der Waals surface area contributed by atoms with Crippen molar-refractivity contribution in [1.82, 2.24) is 122 Å². The monoisotopic (exact) mass is 2090 g/mol. The molecule has 146 heavy (non-hydrogen) atoms. The predicted octanol–water partition coefficient (Wildman–Crippen LogP) is -18.6. The molecule has 0 bridgehead atoms. The Bertz CT molecular complexity index is 4290. The molecule has 63 heteroatoms. The van der Waals surface area contributed by atoms with E-state index in [4.69, 9.17) is 84.1 Å². The Balaban J connectivity index is 6.62. The SMILES string of the molecule is C[C@H](NC(=O)[C@H](CCCCN)NC(=O)CNC(=O)CNC(=O)[C@H](CCC(N)=O)NC(=O)[C@H](CCCCN)NC(=O)CNC(=O)[C@H](CCCNC(=N)N)NC(=O)CNC(=O)[C@@H](N)CO)C(=O)N[C@@H](CCCNC(=N)N)C(=O)N[C@@H](C)C(=O)N[C@@H](CCCCN)C(=O)N[C@@H](C)C(=O)N[C@@H](CCCCN)C(=O)N[C@H](C(=O)N[C@@H](CCCNC(=N)N)C(=O)N[C@@H](CO)C(=O)N[C@@H](CO)C(=O)N[C@@H](CCCNC(=N)N)C(=O)O)[C@@H](C)O. The molecule has 0 aromatic carbocycles. The van der Waals surface area contributed by atoms with E-state index in [2.05, 4.69) is 122 Å². The minimum atomic E-state index is -1.93. The topological polar surface area (TPSA) is 1090 Å². The molecule has 0 aromatic rings. The number of aliphatic hydroxyl groups is 4. The molecule has 17 atom stereocenters. The largest absolute Gasteiger partial charge is 0.480 e. The molecule has 828 valence electrons.